The van der Waals surface area contributed by atoms with Crippen molar-refractivity contribution in [2.24, 2.45) is 4.99 Å². The number of hydrogen-bond donors (Lipinski definition) is 0. The number of benzene rings is 1. The molecule has 0 aliphatic rings. The average molecular weight is 402 g/mol. The minimum atomic E-state index is -0.408. The molecule has 28 heavy (non-hydrogen) atoms. The molecule has 148 valence electrons. The molecular formula is C19H22N4O4S. The smallest absolute Gasteiger partial charge is 0.337 e. The number of carbonyl (C=O) groups excluding carboxylic acids is 2. The van der Waals surface area contributed by atoms with Crippen molar-refractivity contribution in [3.8, 4) is 0 Å². The van der Waals surface area contributed by atoms with Gasteiger partial charge in [0.1, 0.15) is 5.69 Å². The summed E-state index contributed by atoms with van der Waals surface area (Å²) >= 11 is 1.34. The molecule has 3 aromatic rings. The van der Waals surface area contributed by atoms with Gasteiger partial charge in [0.25, 0.3) is 5.91 Å². The average Bonchev–Trinajstić information content (AvgIpc) is 3.30. The third-order valence-corrected chi connectivity index (χ3v) is 5.24. The summed E-state index contributed by atoms with van der Waals surface area (Å²) < 4.78 is 14.4. The summed E-state index contributed by atoms with van der Waals surface area (Å²) in [5.41, 5.74) is 1.76. The van der Waals surface area contributed by atoms with Crippen molar-refractivity contribution in [1.29, 1.82) is 0 Å². The van der Waals surface area contributed by atoms with Crippen LogP contribution in [0.4, 0.5) is 0 Å². The molecule has 3 rings (SSSR count). The summed E-state index contributed by atoms with van der Waals surface area (Å²) in [5.74, 6) is -0.772. The van der Waals surface area contributed by atoms with Gasteiger partial charge in [0, 0.05) is 25.9 Å². The van der Waals surface area contributed by atoms with Crippen molar-refractivity contribution in [3.05, 3.63) is 46.5 Å². The summed E-state index contributed by atoms with van der Waals surface area (Å²) in [5, 5.41) is 4.19. The molecule has 0 fully saturated rings. The molecule has 0 unspecified atom stereocenters. The van der Waals surface area contributed by atoms with Crippen LogP contribution in [-0.2, 0) is 16.0 Å². The number of fused-ring (bicyclic) bond motifs is 1. The molecule has 0 saturated carbocycles. The van der Waals surface area contributed by atoms with E-state index < -0.39 is 5.97 Å². The van der Waals surface area contributed by atoms with Gasteiger partial charge in [-0.1, -0.05) is 11.3 Å². The zero-order valence-electron chi connectivity index (χ0n) is 16.2. The standard InChI is InChI=1S/C19H22N4O4S/c1-12(2)23-15(7-8-20-23)17(24)21-19-22(9-10-26-3)14-6-5-13(18(25)27-4)11-16(14)28-19/h5-8,11-12H,9-10H2,1-4H3. The maximum Gasteiger partial charge on any atom is 0.337 e. The molecule has 0 aliphatic carbocycles. The van der Waals surface area contributed by atoms with Gasteiger partial charge in [-0.05, 0) is 38.1 Å². The molecule has 1 amide bonds. The van der Waals surface area contributed by atoms with E-state index >= 15 is 0 Å². The number of ether oxygens (including phenoxy) is 2. The maximum atomic E-state index is 12.8. The molecule has 0 N–H and O–H groups in total. The van der Waals surface area contributed by atoms with E-state index in [-0.39, 0.29) is 11.9 Å². The number of amides is 1. The van der Waals surface area contributed by atoms with Crippen molar-refractivity contribution in [3.63, 3.8) is 0 Å². The number of nitrogens with zero attached hydrogens (tertiary/aromatic N) is 4. The minimum absolute atomic E-state index is 0.0507. The number of thiazole rings is 1. The third kappa shape index (κ3) is 3.90. The molecule has 0 bridgehead atoms. The Balaban J connectivity index is 2.12. The molecule has 1 aromatic carbocycles. The second-order valence-electron chi connectivity index (χ2n) is 6.37. The van der Waals surface area contributed by atoms with Crippen LogP contribution >= 0.6 is 11.3 Å². The molecule has 9 heteroatoms. The van der Waals surface area contributed by atoms with Gasteiger partial charge in [0.05, 0.1) is 29.5 Å². The topological polar surface area (TPSA) is 87.7 Å². The highest BCUT2D eigenvalue weighted by Gasteiger charge is 2.16. The van der Waals surface area contributed by atoms with E-state index in [0.717, 1.165) is 10.2 Å². The Bertz CT molecular complexity index is 1080. The highest BCUT2D eigenvalue weighted by molar-refractivity contribution is 7.16. The van der Waals surface area contributed by atoms with Gasteiger partial charge >= 0.3 is 5.97 Å². The maximum absolute atomic E-state index is 12.8. The van der Waals surface area contributed by atoms with Crippen LogP contribution in [-0.4, -0.2) is 47.1 Å². The van der Waals surface area contributed by atoms with Gasteiger partial charge in [-0.3, -0.25) is 9.48 Å². The fourth-order valence-electron chi connectivity index (χ4n) is 2.84. The lowest BCUT2D eigenvalue weighted by Gasteiger charge is -2.08. The van der Waals surface area contributed by atoms with E-state index in [1.54, 1.807) is 36.2 Å². The zero-order valence-corrected chi connectivity index (χ0v) is 17.0. The summed E-state index contributed by atoms with van der Waals surface area (Å²) in [7, 11) is 2.96. The van der Waals surface area contributed by atoms with Crippen molar-refractivity contribution in [2.75, 3.05) is 20.8 Å². The van der Waals surface area contributed by atoms with Gasteiger partial charge in [-0.2, -0.15) is 10.1 Å². The Morgan fingerprint density at radius 2 is 2.04 bits per heavy atom. The Kier molecular flexibility index (Phi) is 6.05. The molecule has 0 aliphatic heterocycles. The van der Waals surface area contributed by atoms with Gasteiger partial charge in [-0.15, -0.1) is 0 Å². The number of carbonyl (C=O) groups is 2. The Morgan fingerprint density at radius 3 is 2.71 bits per heavy atom. The number of methoxy groups -OCH3 is 2. The highest BCUT2D eigenvalue weighted by Crippen LogP contribution is 2.20. The SMILES string of the molecule is COCCn1c(=NC(=O)c2ccnn2C(C)C)sc2cc(C(=O)OC)ccc21. The molecule has 0 spiro atoms. The van der Waals surface area contributed by atoms with Gasteiger partial charge in [0.15, 0.2) is 4.80 Å². The van der Waals surface area contributed by atoms with E-state index in [0.29, 0.717) is 29.2 Å². The van der Waals surface area contributed by atoms with Crippen LogP contribution in [0.3, 0.4) is 0 Å². The van der Waals surface area contributed by atoms with Crippen LogP contribution in [0.5, 0.6) is 0 Å². The van der Waals surface area contributed by atoms with Gasteiger partial charge in [0.2, 0.25) is 0 Å². The quantitative estimate of drug-likeness (QED) is 0.592. The first-order valence-corrected chi connectivity index (χ1v) is 9.61. The number of aromatic nitrogens is 3. The minimum Gasteiger partial charge on any atom is -0.465 e. The number of hydrogen-bond acceptors (Lipinski definition) is 6. The lowest BCUT2D eigenvalue weighted by molar-refractivity contribution is 0.0600. The molecule has 0 atom stereocenters. The number of esters is 1. The highest BCUT2D eigenvalue weighted by atomic mass is 32.1. The Labute approximate surface area is 166 Å². The molecule has 2 heterocycles. The monoisotopic (exact) mass is 402 g/mol. The Hall–Kier alpha value is -2.78. The molecule has 0 saturated heterocycles. The lowest BCUT2D eigenvalue weighted by atomic mass is 10.2. The third-order valence-electron chi connectivity index (χ3n) is 4.20. The molecule has 2 aromatic heterocycles. The van der Waals surface area contributed by atoms with Crippen LogP contribution in [0.1, 0.15) is 40.7 Å². The van der Waals surface area contributed by atoms with Crippen molar-refractivity contribution in [2.45, 2.75) is 26.4 Å². The second-order valence-corrected chi connectivity index (χ2v) is 7.38. The Morgan fingerprint density at radius 1 is 1.25 bits per heavy atom. The molecule has 8 nitrogen and oxygen atoms in total. The van der Waals surface area contributed by atoms with Crippen LogP contribution in [0.2, 0.25) is 0 Å². The summed E-state index contributed by atoms with van der Waals surface area (Å²) in [6, 6.07) is 6.99. The lowest BCUT2D eigenvalue weighted by Crippen LogP contribution is -2.20. The number of rotatable bonds is 6. The summed E-state index contributed by atoms with van der Waals surface area (Å²) in [4.78, 5) is 29.5. The van der Waals surface area contributed by atoms with Crippen LogP contribution in [0.25, 0.3) is 10.2 Å². The van der Waals surface area contributed by atoms with E-state index in [2.05, 4.69) is 10.1 Å². The van der Waals surface area contributed by atoms with Crippen LogP contribution < -0.4 is 4.80 Å². The van der Waals surface area contributed by atoms with Crippen molar-refractivity contribution >= 4 is 33.4 Å². The zero-order chi connectivity index (χ0) is 20.3. The van der Waals surface area contributed by atoms with Crippen molar-refractivity contribution in [1.82, 2.24) is 14.3 Å². The van der Waals surface area contributed by atoms with Gasteiger partial charge < -0.3 is 14.0 Å². The molecular weight excluding hydrogens is 380 g/mol. The first kappa shape index (κ1) is 20.0. The fourth-order valence-corrected chi connectivity index (χ4v) is 3.94. The van der Waals surface area contributed by atoms with Crippen LogP contribution in [0.15, 0.2) is 35.5 Å². The van der Waals surface area contributed by atoms with Crippen LogP contribution in [0, 0.1) is 0 Å². The first-order valence-electron chi connectivity index (χ1n) is 8.79. The van der Waals surface area contributed by atoms with Crippen molar-refractivity contribution < 1.29 is 19.1 Å². The first-order chi connectivity index (χ1) is 13.5. The fraction of sp³-hybridized carbons (Fsp3) is 0.368. The largest absolute Gasteiger partial charge is 0.465 e. The van der Waals surface area contributed by atoms with E-state index in [9.17, 15) is 9.59 Å². The van der Waals surface area contributed by atoms with Gasteiger partial charge in [-0.25, -0.2) is 4.79 Å². The molecule has 0 radical (unpaired) electrons. The second kappa shape index (κ2) is 8.49. The predicted molar refractivity (Wildman–Crippen MR) is 106 cm³/mol. The summed E-state index contributed by atoms with van der Waals surface area (Å²) in [6.45, 7) is 4.91. The predicted octanol–water partition coefficient (Wildman–Crippen LogP) is 2.65. The summed E-state index contributed by atoms with van der Waals surface area (Å²) in [6.07, 6.45) is 1.59. The van der Waals surface area contributed by atoms with E-state index in [4.69, 9.17) is 9.47 Å². The van der Waals surface area contributed by atoms with E-state index in [1.807, 2.05) is 24.5 Å². The van der Waals surface area contributed by atoms with E-state index in [1.165, 1.54) is 18.4 Å². The normalized spacial score (nSPS) is 12.1.